The number of anilines is 4. The number of hydrogen-bond donors (Lipinski definition) is 3. The van der Waals surface area contributed by atoms with Gasteiger partial charge in [-0.05, 0) is 83.1 Å². The first-order chi connectivity index (χ1) is 20.0. The number of rotatable bonds is 10. The number of ether oxygens (including phenoxy) is 2. The van der Waals surface area contributed by atoms with E-state index >= 15 is 0 Å². The Kier molecular flexibility index (Phi) is 9.15. The smallest absolute Gasteiger partial charge is 0.250 e. The fraction of sp³-hybridized carbons (Fsp3) is 0.267. The molecule has 1 aliphatic rings. The van der Waals surface area contributed by atoms with Gasteiger partial charge >= 0.3 is 0 Å². The first-order valence-electron chi connectivity index (χ1n) is 13.3. The van der Waals surface area contributed by atoms with Gasteiger partial charge in [-0.25, -0.2) is 5.43 Å². The van der Waals surface area contributed by atoms with Crippen molar-refractivity contribution in [2.75, 3.05) is 43.0 Å². The lowest BCUT2D eigenvalue weighted by Gasteiger charge is -2.32. The van der Waals surface area contributed by atoms with E-state index < -0.39 is 0 Å². The number of nitrogens with zero attached hydrogens (tertiary/aromatic N) is 5. The molecule has 11 heteroatoms. The van der Waals surface area contributed by atoms with E-state index in [0.29, 0.717) is 39.5 Å². The Labute approximate surface area is 247 Å². The van der Waals surface area contributed by atoms with Gasteiger partial charge in [-0.1, -0.05) is 30.3 Å². The van der Waals surface area contributed by atoms with E-state index in [0.717, 1.165) is 43.8 Å². The average Bonchev–Trinajstić information content (AvgIpc) is 2.99. The van der Waals surface area contributed by atoms with Crippen molar-refractivity contribution < 1.29 is 14.6 Å². The molecule has 41 heavy (non-hydrogen) atoms. The fourth-order valence-electron chi connectivity index (χ4n) is 4.68. The molecule has 3 N–H and O–H groups in total. The largest absolute Gasteiger partial charge is 0.504 e. The minimum Gasteiger partial charge on any atom is -0.504 e. The Morgan fingerprint density at radius 1 is 0.976 bits per heavy atom. The number of aromatic hydroxyl groups is 1. The number of phenols is 1. The summed E-state index contributed by atoms with van der Waals surface area (Å²) >= 11 is 3.44. The van der Waals surface area contributed by atoms with Crippen molar-refractivity contribution in [2.45, 2.75) is 19.3 Å². The van der Waals surface area contributed by atoms with Gasteiger partial charge in [0.05, 0.1) is 20.4 Å². The lowest BCUT2D eigenvalue weighted by molar-refractivity contribution is 0.373. The number of piperidine rings is 1. The predicted octanol–water partition coefficient (Wildman–Crippen LogP) is 6.01. The minimum atomic E-state index is 0.0355. The van der Waals surface area contributed by atoms with Crippen LogP contribution in [-0.2, 0) is 6.42 Å². The van der Waals surface area contributed by atoms with Gasteiger partial charge in [-0.2, -0.15) is 20.1 Å². The number of methoxy groups -OCH3 is 2. The summed E-state index contributed by atoms with van der Waals surface area (Å²) in [5.74, 6) is 3.05. The van der Waals surface area contributed by atoms with Crippen molar-refractivity contribution in [3.63, 3.8) is 0 Å². The predicted molar refractivity (Wildman–Crippen MR) is 165 cm³/mol. The van der Waals surface area contributed by atoms with Gasteiger partial charge in [0.25, 0.3) is 0 Å². The molecule has 3 aromatic carbocycles. The number of aromatic nitrogens is 3. The normalized spacial score (nSPS) is 13.8. The summed E-state index contributed by atoms with van der Waals surface area (Å²) < 4.78 is 11.1. The van der Waals surface area contributed by atoms with Crippen molar-refractivity contribution in [3.05, 3.63) is 82.3 Å². The highest BCUT2D eigenvalue weighted by Gasteiger charge is 2.22. The SMILES string of the molecule is COc1ccc(Nc2nc(N/N=C\c3cc(OC)c(O)cc3Br)nc(N3CCC(Cc4ccccc4)CC3)n2)cc1. The van der Waals surface area contributed by atoms with Crippen LogP contribution in [0.4, 0.5) is 23.5 Å². The van der Waals surface area contributed by atoms with E-state index in [4.69, 9.17) is 14.5 Å². The molecule has 1 aromatic heterocycles. The van der Waals surface area contributed by atoms with E-state index in [1.807, 2.05) is 24.3 Å². The third kappa shape index (κ3) is 7.43. The number of hydrazone groups is 1. The van der Waals surface area contributed by atoms with Crippen molar-refractivity contribution in [2.24, 2.45) is 11.0 Å². The zero-order valence-electron chi connectivity index (χ0n) is 22.9. The third-order valence-electron chi connectivity index (χ3n) is 6.90. The molecule has 0 spiro atoms. The van der Waals surface area contributed by atoms with Crippen LogP contribution in [0.1, 0.15) is 24.0 Å². The second-order valence-corrected chi connectivity index (χ2v) is 10.5. The summed E-state index contributed by atoms with van der Waals surface area (Å²) in [7, 11) is 3.13. The van der Waals surface area contributed by atoms with Gasteiger partial charge in [0.1, 0.15) is 5.75 Å². The van der Waals surface area contributed by atoms with Crippen molar-refractivity contribution >= 4 is 45.7 Å². The maximum absolute atomic E-state index is 9.98. The molecule has 0 amide bonds. The molecule has 0 atom stereocenters. The van der Waals surface area contributed by atoms with Crippen molar-refractivity contribution in [1.29, 1.82) is 0 Å². The first kappa shape index (κ1) is 28.2. The molecule has 0 radical (unpaired) electrons. The zero-order valence-corrected chi connectivity index (χ0v) is 24.5. The van der Waals surface area contributed by atoms with Crippen LogP contribution in [0, 0.1) is 5.92 Å². The molecule has 0 unspecified atom stereocenters. The van der Waals surface area contributed by atoms with E-state index in [1.54, 1.807) is 25.5 Å². The van der Waals surface area contributed by atoms with Gasteiger partial charge in [0, 0.05) is 28.8 Å². The molecule has 0 aliphatic carbocycles. The average molecular weight is 619 g/mol. The highest BCUT2D eigenvalue weighted by Crippen LogP contribution is 2.31. The standard InChI is InChI=1S/C30H32BrN7O3/c1-40-24-10-8-23(9-11-24)33-28-34-29(37-32-19-22-17-27(41-2)26(39)18-25(22)31)36-30(35-28)38-14-12-21(13-15-38)16-20-6-4-3-5-7-20/h3-11,17-19,21,39H,12-16H2,1-2H3,(H2,33,34,35,36,37)/b32-19-. The quantitative estimate of drug-likeness (QED) is 0.145. The number of hydrogen-bond acceptors (Lipinski definition) is 10. The zero-order chi connectivity index (χ0) is 28.6. The lowest BCUT2D eigenvalue weighted by atomic mass is 9.90. The van der Waals surface area contributed by atoms with Crippen LogP contribution in [0.25, 0.3) is 0 Å². The van der Waals surface area contributed by atoms with Gasteiger partial charge < -0.3 is 24.8 Å². The van der Waals surface area contributed by atoms with Crippen molar-refractivity contribution in [1.82, 2.24) is 15.0 Å². The second-order valence-electron chi connectivity index (χ2n) is 9.67. The maximum Gasteiger partial charge on any atom is 0.250 e. The highest BCUT2D eigenvalue weighted by atomic mass is 79.9. The number of phenolic OH excluding ortho intramolecular Hbond substituents is 1. The Morgan fingerprint density at radius 2 is 1.71 bits per heavy atom. The van der Waals surface area contributed by atoms with Crippen LogP contribution in [-0.4, -0.2) is 53.6 Å². The molecule has 4 aromatic rings. The fourth-order valence-corrected chi connectivity index (χ4v) is 5.11. The van der Waals surface area contributed by atoms with Crippen LogP contribution < -0.4 is 25.1 Å². The number of nitrogens with one attached hydrogen (secondary N) is 2. The third-order valence-corrected chi connectivity index (χ3v) is 7.59. The topological polar surface area (TPSA) is 117 Å². The Bertz CT molecular complexity index is 1480. The maximum atomic E-state index is 9.98. The van der Waals surface area contributed by atoms with Crippen LogP contribution in [0.2, 0.25) is 0 Å². The molecule has 2 heterocycles. The monoisotopic (exact) mass is 617 g/mol. The highest BCUT2D eigenvalue weighted by molar-refractivity contribution is 9.10. The second kappa shape index (κ2) is 13.3. The summed E-state index contributed by atoms with van der Waals surface area (Å²) in [6.45, 7) is 1.71. The molecular formula is C30H32BrN7O3. The molecule has 0 saturated carbocycles. The summed E-state index contributed by atoms with van der Waals surface area (Å²) in [4.78, 5) is 16.2. The Morgan fingerprint density at radius 3 is 2.41 bits per heavy atom. The molecule has 1 aliphatic heterocycles. The van der Waals surface area contributed by atoms with E-state index in [2.05, 4.69) is 77.0 Å². The van der Waals surface area contributed by atoms with Crippen LogP contribution in [0.3, 0.4) is 0 Å². The van der Waals surface area contributed by atoms with Gasteiger partial charge in [-0.3, -0.25) is 0 Å². The summed E-state index contributed by atoms with van der Waals surface area (Å²) in [6.07, 6.45) is 4.79. The van der Waals surface area contributed by atoms with Gasteiger partial charge in [-0.15, -0.1) is 0 Å². The summed E-state index contributed by atoms with van der Waals surface area (Å²) in [5, 5.41) is 17.6. The molecular weight excluding hydrogens is 586 g/mol. The molecule has 5 rings (SSSR count). The molecule has 1 saturated heterocycles. The first-order valence-corrected chi connectivity index (χ1v) is 14.1. The van der Waals surface area contributed by atoms with Crippen LogP contribution in [0.15, 0.2) is 76.3 Å². The van der Waals surface area contributed by atoms with E-state index in [1.165, 1.54) is 12.7 Å². The number of halogens is 1. The van der Waals surface area contributed by atoms with Gasteiger partial charge in [0.15, 0.2) is 11.5 Å². The minimum absolute atomic E-state index is 0.0355. The van der Waals surface area contributed by atoms with Crippen LogP contribution in [0.5, 0.6) is 17.2 Å². The molecule has 1 fully saturated rings. The molecule has 212 valence electrons. The van der Waals surface area contributed by atoms with E-state index in [-0.39, 0.29) is 5.75 Å². The van der Waals surface area contributed by atoms with Crippen molar-refractivity contribution in [3.8, 4) is 17.2 Å². The van der Waals surface area contributed by atoms with E-state index in [9.17, 15) is 5.11 Å². The Balaban J connectivity index is 1.34. The lowest BCUT2D eigenvalue weighted by Crippen LogP contribution is -2.35. The van der Waals surface area contributed by atoms with Gasteiger partial charge in [0.2, 0.25) is 17.8 Å². The Hall–Kier alpha value is -4.38. The molecule has 10 nitrogen and oxygen atoms in total. The summed E-state index contributed by atoms with van der Waals surface area (Å²) in [6, 6.07) is 21.4. The van der Waals surface area contributed by atoms with Crippen LogP contribution >= 0.6 is 15.9 Å². The number of benzene rings is 3. The summed E-state index contributed by atoms with van der Waals surface area (Å²) in [5.41, 5.74) is 5.83. The molecule has 0 bridgehead atoms.